The van der Waals surface area contributed by atoms with Gasteiger partial charge in [0.15, 0.2) is 0 Å². The van der Waals surface area contributed by atoms with Gasteiger partial charge in [-0.2, -0.15) is 5.56 Å². The van der Waals surface area contributed by atoms with Crippen LogP contribution in [0.15, 0.2) is 30.3 Å². The van der Waals surface area contributed by atoms with Crippen molar-refractivity contribution in [1.82, 2.24) is 0 Å². The van der Waals surface area contributed by atoms with Crippen LogP contribution in [0.3, 0.4) is 0 Å². The van der Waals surface area contributed by atoms with Crippen molar-refractivity contribution >= 4 is 10.8 Å². The summed E-state index contributed by atoms with van der Waals surface area (Å²) in [5.41, 5.74) is 3.89. The van der Waals surface area contributed by atoms with E-state index in [1.54, 1.807) is 11.1 Å². The summed E-state index contributed by atoms with van der Waals surface area (Å²) >= 11 is 0. The molecule has 0 N–H and O–H groups in total. The average Bonchev–Trinajstić information content (AvgIpc) is 2.99. The van der Waals surface area contributed by atoms with Crippen molar-refractivity contribution < 1.29 is 21.7 Å². The molecule has 0 radical (unpaired) electrons. The first-order valence-corrected chi connectivity index (χ1v) is 15.5. The van der Waals surface area contributed by atoms with Gasteiger partial charge in [0.05, 0.1) is 0 Å². The van der Waals surface area contributed by atoms with Gasteiger partial charge in [-0.05, 0) is 6.42 Å². The van der Waals surface area contributed by atoms with Crippen molar-refractivity contribution in [3.63, 3.8) is 0 Å². The minimum atomic E-state index is 0. The fourth-order valence-electron chi connectivity index (χ4n) is 5.50. The van der Waals surface area contributed by atoms with Gasteiger partial charge in [0.25, 0.3) is 0 Å². The summed E-state index contributed by atoms with van der Waals surface area (Å²) in [6, 6.07) is 11.2. The van der Waals surface area contributed by atoms with Crippen molar-refractivity contribution in [2.45, 2.75) is 184 Å². The van der Waals surface area contributed by atoms with Crippen molar-refractivity contribution in [2.24, 2.45) is 0 Å². The van der Waals surface area contributed by atoms with E-state index in [1.807, 2.05) is 0 Å². The van der Waals surface area contributed by atoms with Gasteiger partial charge in [-0.25, -0.2) is 0 Å². The fraction of sp³-hybridized carbons (Fsp3) is 0.757. The molecule has 1 aliphatic carbocycles. The summed E-state index contributed by atoms with van der Waals surface area (Å²) in [4.78, 5) is 0. The molecule has 0 unspecified atom stereocenters. The zero-order valence-electron chi connectivity index (χ0n) is 30.6. The Morgan fingerprint density at radius 2 is 0.805 bits per heavy atom. The second-order valence-corrected chi connectivity index (χ2v) is 17.3. The smallest absolute Gasteiger partial charge is 0.653 e. The van der Waals surface area contributed by atoms with E-state index in [0.29, 0.717) is 0 Å². The van der Waals surface area contributed by atoms with E-state index < -0.39 is 0 Å². The van der Waals surface area contributed by atoms with Crippen LogP contribution in [0.5, 0.6) is 0 Å². The Bertz CT molecular complexity index is 877. The Morgan fingerprint density at radius 3 is 1.12 bits per heavy atom. The molecule has 0 aromatic heterocycles. The molecule has 0 spiro atoms. The van der Waals surface area contributed by atoms with Gasteiger partial charge in [-0.3, -0.25) is 0 Å². The topological polar surface area (TPSA) is 42.3 Å². The zero-order valence-corrected chi connectivity index (χ0v) is 32.1. The largest absolute Gasteiger partial charge is 4.00 e. The van der Waals surface area contributed by atoms with E-state index in [4.69, 9.17) is 0 Å². The van der Waals surface area contributed by atoms with Crippen LogP contribution in [-0.4, -0.2) is 33.2 Å². The van der Waals surface area contributed by atoms with Crippen LogP contribution in [0.2, 0.25) is 0 Å². The molecular formula is C37H67N3Ti. The van der Waals surface area contributed by atoms with Gasteiger partial charge >= 0.3 is 21.7 Å². The summed E-state index contributed by atoms with van der Waals surface area (Å²) in [7, 11) is 0. The molecule has 0 saturated heterocycles. The number of fused-ring (bicyclic) bond motifs is 3. The summed E-state index contributed by atoms with van der Waals surface area (Å²) < 4.78 is 0. The van der Waals surface area contributed by atoms with Crippen molar-refractivity contribution in [1.29, 1.82) is 0 Å². The van der Waals surface area contributed by atoms with Crippen molar-refractivity contribution in [3.8, 4) is 0 Å². The number of hydrogen-bond acceptors (Lipinski definition) is 0. The maximum absolute atomic E-state index is 4.54. The molecule has 2 aromatic carbocycles. The molecule has 3 nitrogen and oxygen atoms in total. The van der Waals surface area contributed by atoms with Crippen molar-refractivity contribution in [2.75, 3.05) is 0 Å². The number of benzene rings is 1. The van der Waals surface area contributed by atoms with Crippen LogP contribution in [0.4, 0.5) is 0 Å². The van der Waals surface area contributed by atoms with Gasteiger partial charge in [0.2, 0.25) is 0 Å². The number of rotatable bonds is 0. The van der Waals surface area contributed by atoms with Crippen molar-refractivity contribution in [3.05, 3.63) is 57.4 Å². The predicted octanol–water partition coefficient (Wildman–Crippen LogP) is 12.3. The summed E-state index contributed by atoms with van der Waals surface area (Å²) in [5.74, 6) is 0. The monoisotopic (exact) mass is 601 g/mol. The fourth-order valence-corrected chi connectivity index (χ4v) is 5.50. The standard InChI is InChI=1S/C13H13.3C8H18N.Ti/c1-3-7-12-10(5-1)9-11-6-2-4-8-13(11)12;3*1-7(2,3)9-8(4,5)6;/h1,3,5,7,9H,2,4,6,8H2;3*1-6H3;/q4*-1;+4. The van der Waals surface area contributed by atoms with E-state index in [1.165, 1.54) is 36.5 Å². The summed E-state index contributed by atoms with van der Waals surface area (Å²) in [5, 5.41) is 16.6. The van der Waals surface area contributed by atoms with Crippen LogP contribution >= 0.6 is 0 Å². The number of aryl methyl sites for hydroxylation is 2. The van der Waals surface area contributed by atoms with E-state index >= 15 is 0 Å². The van der Waals surface area contributed by atoms with Gasteiger partial charge < -0.3 is 16.0 Å². The second-order valence-electron chi connectivity index (χ2n) is 17.3. The van der Waals surface area contributed by atoms with Crippen LogP contribution in [0.25, 0.3) is 26.7 Å². The molecule has 0 aliphatic heterocycles. The molecule has 0 saturated carbocycles. The van der Waals surface area contributed by atoms with Gasteiger partial charge in [0, 0.05) is 0 Å². The summed E-state index contributed by atoms with van der Waals surface area (Å²) in [6.45, 7) is 38.2. The zero-order chi connectivity index (χ0) is 31.8. The van der Waals surface area contributed by atoms with Gasteiger partial charge in [0.1, 0.15) is 0 Å². The SMILES string of the molecule is CC(C)(C)[N-]C(C)(C)C.CC(C)(C)[N-]C(C)(C)C.CC(C)(C)[N-]C(C)(C)C.[Ti+4].c1ccc2c3c([cH-]c2c1)CCCC3. The molecular weight excluding hydrogens is 534 g/mol. The van der Waals surface area contributed by atoms with Crippen LogP contribution in [0.1, 0.15) is 149 Å². The molecule has 4 heteroatoms. The van der Waals surface area contributed by atoms with E-state index in [9.17, 15) is 0 Å². The molecule has 1 aliphatic rings. The normalized spacial score (nSPS) is 14.3. The minimum Gasteiger partial charge on any atom is -0.653 e. The predicted molar refractivity (Wildman–Crippen MR) is 185 cm³/mol. The first-order chi connectivity index (χ1) is 17.6. The van der Waals surface area contributed by atoms with Gasteiger partial charge in [-0.15, -0.1) is 73.8 Å². The quantitative estimate of drug-likeness (QED) is 0.213. The Labute approximate surface area is 272 Å². The molecule has 0 heterocycles. The third kappa shape index (κ3) is 24.6. The first-order valence-electron chi connectivity index (χ1n) is 15.5. The molecule has 234 valence electrons. The number of hydrogen-bond donors (Lipinski definition) is 0. The average molecular weight is 602 g/mol. The molecule has 3 rings (SSSR count). The maximum atomic E-state index is 4.54. The van der Waals surface area contributed by atoms with E-state index in [2.05, 4.69) is 171 Å². The van der Waals surface area contributed by atoms with E-state index in [0.717, 1.165) is 0 Å². The Balaban J connectivity index is 0. The molecule has 0 bridgehead atoms. The summed E-state index contributed by atoms with van der Waals surface area (Å²) in [6.07, 6.45) is 5.34. The minimum absolute atomic E-state index is 0. The Hall–Kier alpha value is -0.576. The molecule has 41 heavy (non-hydrogen) atoms. The Kier molecular flexibility index (Phi) is 17.1. The molecule has 2 aromatic rings. The van der Waals surface area contributed by atoms with Gasteiger partial charge in [-0.1, -0.05) is 150 Å². The maximum Gasteiger partial charge on any atom is 4.00 e. The van der Waals surface area contributed by atoms with Crippen LogP contribution in [-0.2, 0) is 34.6 Å². The molecule has 0 fully saturated rings. The van der Waals surface area contributed by atoms with Crippen LogP contribution < -0.4 is 0 Å². The second kappa shape index (κ2) is 16.5. The van der Waals surface area contributed by atoms with E-state index in [-0.39, 0.29) is 55.0 Å². The number of nitrogens with zero attached hydrogens (tertiary/aromatic N) is 3. The Morgan fingerprint density at radius 1 is 0.488 bits per heavy atom. The third-order valence-corrected chi connectivity index (χ3v) is 5.14. The first kappa shape index (κ1) is 42.6. The third-order valence-electron chi connectivity index (χ3n) is 5.14. The molecule has 0 atom stereocenters. The van der Waals surface area contributed by atoms with Crippen LogP contribution in [0, 0.1) is 0 Å². The molecule has 0 amide bonds.